The quantitative estimate of drug-likeness (QED) is 0.755. The summed E-state index contributed by atoms with van der Waals surface area (Å²) in [6, 6.07) is 0. The third-order valence-corrected chi connectivity index (χ3v) is 1.88. The van der Waals surface area contributed by atoms with Gasteiger partial charge < -0.3 is 10.2 Å². The Kier molecular flexibility index (Phi) is 4.62. The molecule has 0 spiro atoms. The van der Waals surface area contributed by atoms with Crippen LogP contribution in [0.3, 0.4) is 0 Å². The Morgan fingerprint density at radius 2 is 2.00 bits per heavy atom. The number of nitrogens with zero attached hydrogens (tertiary/aromatic N) is 3. The van der Waals surface area contributed by atoms with E-state index >= 15 is 0 Å². The Labute approximate surface area is 89.3 Å². The van der Waals surface area contributed by atoms with Crippen molar-refractivity contribution in [3.63, 3.8) is 0 Å². The van der Waals surface area contributed by atoms with Crippen molar-refractivity contribution in [3.05, 3.63) is 17.4 Å². The molecule has 0 fully saturated rings. The van der Waals surface area contributed by atoms with E-state index in [-0.39, 0.29) is 0 Å². The minimum absolute atomic E-state index is 0.559. The van der Waals surface area contributed by atoms with E-state index in [2.05, 4.69) is 34.3 Å². The summed E-state index contributed by atoms with van der Waals surface area (Å²) in [5.41, 5.74) is 0. The van der Waals surface area contributed by atoms with Crippen molar-refractivity contribution in [2.24, 2.45) is 0 Å². The molecule has 0 radical (unpaired) electrons. The average molecular weight is 215 g/mol. The van der Waals surface area contributed by atoms with Crippen molar-refractivity contribution in [3.8, 4) is 0 Å². The van der Waals surface area contributed by atoms with Gasteiger partial charge in [-0.25, -0.2) is 9.97 Å². The van der Waals surface area contributed by atoms with E-state index in [1.54, 1.807) is 12.4 Å². The lowest BCUT2D eigenvalue weighted by Crippen LogP contribution is -2.16. The first-order valence-corrected chi connectivity index (χ1v) is 4.92. The van der Waals surface area contributed by atoms with Crippen LogP contribution in [-0.2, 0) is 0 Å². The Morgan fingerprint density at radius 1 is 1.36 bits per heavy atom. The maximum atomic E-state index is 5.66. The molecule has 0 aliphatic rings. The van der Waals surface area contributed by atoms with E-state index < -0.39 is 0 Å². The zero-order valence-corrected chi connectivity index (χ0v) is 9.25. The van der Waals surface area contributed by atoms with Crippen molar-refractivity contribution in [2.45, 2.75) is 6.42 Å². The van der Waals surface area contributed by atoms with Crippen LogP contribution >= 0.6 is 11.6 Å². The number of hydrogen-bond acceptors (Lipinski definition) is 4. The van der Waals surface area contributed by atoms with Gasteiger partial charge in [0.2, 0.25) is 5.95 Å². The summed E-state index contributed by atoms with van der Waals surface area (Å²) in [6.45, 7) is 1.93. The minimum Gasteiger partial charge on any atom is -0.354 e. The average Bonchev–Trinajstić information content (AvgIpc) is 2.15. The normalized spacial score (nSPS) is 10.6. The number of hydrogen-bond donors (Lipinski definition) is 1. The van der Waals surface area contributed by atoms with Crippen LogP contribution in [-0.4, -0.2) is 42.1 Å². The van der Waals surface area contributed by atoms with Crippen molar-refractivity contribution in [1.82, 2.24) is 14.9 Å². The number of halogens is 1. The molecule has 0 saturated heterocycles. The SMILES string of the molecule is CN(C)CCCNc1ncc(Cl)cn1. The van der Waals surface area contributed by atoms with E-state index in [0.29, 0.717) is 11.0 Å². The van der Waals surface area contributed by atoms with Crippen LogP contribution in [0.4, 0.5) is 5.95 Å². The summed E-state index contributed by atoms with van der Waals surface area (Å²) >= 11 is 5.66. The number of aromatic nitrogens is 2. The van der Waals surface area contributed by atoms with Gasteiger partial charge in [-0.3, -0.25) is 0 Å². The van der Waals surface area contributed by atoms with E-state index in [9.17, 15) is 0 Å². The Bertz CT molecular complexity index is 260. The molecule has 0 aliphatic heterocycles. The molecule has 1 aromatic rings. The largest absolute Gasteiger partial charge is 0.354 e. The van der Waals surface area contributed by atoms with Crippen LogP contribution in [0.1, 0.15) is 6.42 Å². The van der Waals surface area contributed by atoms with E-state index in [0.717, 1.165) is 19.5 Å². The molecule has 5 heteroatoms. The van der Waals surface area contributed by atoms with Gasteiger partial charge in [0.25, 0.3) is 0 Å². The summed E-state index contributed by atoms with van der Waals surface area (Å²) in [4.78, 5) is 10.2. The lowest BCUT2D eigenvalue weighted by molar-refractivity contribution is 0.405. The molecule has 0 bridgehead atoms. The van der Waals surface area contributed by atoms with Gasteiger partial charge >= 0.3 is 0 Å². The molecule has 4 nitrogen and oxygen atoms in total. The van der Waals surface area contributed by atoms with Crippen LogP contribution in [0.15, 0.2) is 12.4 Å². The first-order valence-electron chi connectivity index (χ1n) is 4.54. The molecular weight excluding hydrogens is 200 g/mol. The minimum atomic E-state index is 0.559. The topological polar surface area (TPSA) is 41.0 Å². The van der Waals surface area contributed by atoms with Crippen LogP contribution in [0.2, 0.25) is 5.02 Å². The van der Waals surface area contributed by atoms with Crippen molar-refractivity contribution < 1.29 is 0 Å². The van der Waals surface area contributed by atoms with Gasteiger partial charge in [-0.1, -0.05) is 11.6 Å². The molecule has 0 atom stereocenters. The lowest BCUT2D eigenvalue weighted by atomic mass is 10.4. The van der Waals surface area contributed by atoms with Crippen LogP contribution in [0.5, 0.6) is 0 Å². The summed E-state index contributed by atoms with van der Waals surface area (Å²) < 4.78 is 0. The molecule has 1 aromatic heterocycles. The highest BCUT2D eigenvalue weighted by atomic mass is 35.5. The third-order valence-electron chi connectivity index (χ3n) is 1.69. The molecule has 14 heavy (non-hydrogen) atoms. The van der Waals surface area contributed by atoms with Crippen LogP contribution in [0.25, 0.3) is 0 Å². The van der Waals surface area contributed by atoms with Gasteiger partial charge in [0.05, 0.1) is 17.4 Å². The van der Waals surface area contributed by atoms with E-state index in [1.807, 2.05) is 0 Å². The molecular formula is C9H15ClN4. The monoisotopic (exact) mass is 214 g/mol. The molecule has 0 saturated carbocycles. The summed E-state index contributed by atoms with van der Waals surface area (Å²) in [7, 11) is 4.11. The van der Waals surface area contributed by atoms with Crippen LogP contribution < -0.4 is 5.32 Å². The molecule has 1 N–H and O–H groups in total. The maximum absolute atomic E-state index is 5.66. The first-order chi connectivity index (χ1) is 6.68. The summed E-state index contributed by atoms with van der Waals surface area (Å²) in [5, 5.41) is 3.68. The van der Waals surface area contributed by atoms with Crippen molar-refractivity contribution >= 4 is 17.5 Å². The third kappa shape index (κ3) is 4.39. The van der Waals surface area contributed by atoms with Gasteiger partial charge in [0.15, 0.2) is 0 Å². The van der Waals surface area contributed by atoms with Crippen molar-refractivity contribution in [2.75, 3.05) is 32.5 Å². The number of anilines is 1. The molecule has 0 amide bonds. The molecule has 0 aliphatic carbocycles. The highest BCUT2D eigenvalue weighted by molar-refractivity contribution is 6.30. The van der Waals surface area contributed by atoms with Crippen LogP contribution in [0, 0.1) is 0 Å². The van der Waals surface area contributed by atoms with Gasteiger partial charge in [0.1, 0.15) is 0 Å². The fourth-order valence-corrected chi connectivity index (χ4v) is 1.10. The maximum Gasteiger partial charge on any atom is 0.222 e. The second-order valence-electron chi connectivity index (χ2n) is 3.31. The van der Waals surface area contributed by atoms with E-state index in [4.69, 9.17) is 11.6 Å². The number of nitrogens with one attached hydrogen (secondary N) is 1. The fraction of sp³-hybridized carbons (Fsp3) is 0.556. The second-order valence-corrected chi connectivity index (χ2v) is 3.74. The molecule has 0 aromatic carbocycles. The number of rotatable bonds is 5. The fourth-order valence-electron chi connectivity index (χ4n) is 0.999. The highest BCUT2D eigenvalue weighted by Gasteiger charge is 1.95. The van der Waals surface area contributed by atoms with Gasteiger partial charge in [-0.2, -0.15) is 0 Å². The lowest BCUT2D eigenvalue weighted by Gasteiger charge is -2.09. The Balaban J connectivity index is 2.21. The molecule has 1 rings (SSSR count). The van der Waals surface area contributed by atoms with Gasteiger partial charge in [0, 0.05) is 6.54 Å². The first kappa shape index (κ1) is 11.2. The van der Waals surface area contributed by atoms with Crippen molar-refractivity contribution in [1.29, 1.82) is 0 Å². The molecule has 0 unspecified atom stereocenters. The Morgan fingerprint density at radius 3 is 2.57 bits per heavy atom. The highest BCUT2D eigenvalue weighted by Crippen LogP contribution is 2.05. The smallest absolute Gasteiger partial charge is 0.222 e. The zero-order chi connectivity index (χ0) is 10.4. The zero-order valence-electron chi connectivity index (χ0n) is 8.50. The summed E-state index contributed by atoms with van der Waals surface area (Å²) in [6.07, 6.45) is 4.24. The van der Waals surface area contributed by atoms with E-state index in [1.165, 1.54) is 0 Å². The second kappa shape index (κ2) is 5.78. The van der Waals surface area contributed by atoms with Gasteiger partial charge in [-0.05, 0) is 27.1 Å². The predicted octanol–water partition coefficient (Wildman–Crippen LogP) is 1.49. The Hall–Kier alpha value is -0.870. The standard InChI is InChI=1S/C9H15ClN4/c1-14(2)5-3-4-11-9-12-6-8(10)7-13-9/h6-7H,3-5H2,1-2H3,(H,11,12,13). The van der Waals surface area contributed by atoms with Gasteiger partial charge in [-0.15, -0.1) is 0 Å². The summed E-state index contributed by atoms with van der Waals surface area (Å²) in [5.74, 6) is 0.633. The predicted molar refractivity (Wildman–Crippen MR) is 58.7 cm³/mol. The molecule has 1 heterocycles. The molecule has 78 valence electrons.